The monoisotopic (exact) mass is 359 g/mol. The molecule has 1 amide bonds. The van der Waals surface area contributed by atoms with E-state index in [9.17, 15) is 4.79 Å². The Kier molecular flexibility index (Phi) is 5.28. The largest absolute Gasteiger partial charge is 0.493 e. The van der Waals surface area contributed by atoms with Gasteiger partial charge in [-0.1, -0.05) is 0 Å². The zero-order valence-corrected chi connectivity index (χ0v) is 15.4. The Morgan fingerprint density at radius 1 is 1.36 bits per heavy atom. The fraction of sp³-hybridized carbons (Fsp3) is 0.316. The SMILES string of the molecule is COc1cc(/C=C/C(=O)N(C)Cc2sccc2C)cc2c1OCCO2. The van der Waals surface area contributed by atoms with E-state index in [1.807, 2.05) is 17.5 Å². The lowest BCUT2D eigenvalue weighted by atomic mass is 10.1. The molecular weight excluding hydrogens is 338 g/mol. The fourth-order valence-corrected chi connectivity index (χ4v) is 3.50. The van der Waals surface area contributed by atoms with Gasteiger partial charge in [0.1, 0.15) is 13.2 Å². The van der Waals surface area contributed by atoms with E-state index in [-0.39, 0.29) is 5.91 Å². The Labute approximate surface area is 151 Å². The summed E-state index contributed by atoms with van der Waals surface area (Å²) in [5.74, 6) is 1.80. The van der Waals surface area contributed by atoms with E-state index >= 15 is 0 Å². The van der Waals surface area contributed by atoms with Gasteiger partial charge in [0.15, 0.2) is 11.5 Å². The van der Waals surface area contributed by atoms with Crippen molar-refractivity contribution in [1.82, 2.24) is 4.90 Å². The summed E-state index contributed by atoms with van der Waals surface area (Å²) in [5.41, 5.74) is 2.04. The highest BCUT2D eigenvalue weighted by atomic mass is 32.1. The van der Waals surface area contributed by atoms with Crippen LogP contribution in [0.5, 0.6) is 17.2 Å². The summed E-state index contributed by atoms with van der Waals surface area (Å²) in [5, 5.41) is 2.04. The smallest absolute Gasteiger partial charge is 0.246 e. The minimum atomic E-state index is -0.0540. The molecule has 0 spiro atoms. The average Bonchev–Trinajstić information content (AvgIpc) is 3.03. The summed E-state index contributed by atoms with van der Waals surface area (Å²) in [7, 11) is 3.39. The number of methoxy groups -OCH3 is 1. The number of thiophene rings is 1. The number of fused-ring (bicyclic) bond motifs is 1. The van der Waals surface area contributed by atoms with Crippen LogP contribution < -0.4 is 14.2 Å². The van der Waals surface area contributed by atoms with Gasteiger partial charge in [0, 0.05) is 18.0 Å². The quantitative estimate of drug-likeness (QED) is 0.767. The summed E-state index contributed by atoms with van der Waals surface area (Å²) in [4.78, 5) is 15.3. The first-order chi connectivity index (χ1) is 12.1. The van der Waals surface area contributed by atoms with Gasteiger partial charge in [0.05, 0.1) is 13.7 Å². The molecular formula is C19H21NO4S. The third-order valence-corrected chi connectivity index (χ3v) is 5.00. The van der Waals surface area contributed by atoms with Gasteiger partial charge in [-0.25, -0.2) is 0 Å². The van der Waals surface area contributed by atoms with Crippen molar-refractivity contribution >= 4 is 23.3 Å². The van der Waals surface area contributed by atoms with Gasteiger partial charge in [0.25, 0.3) is 0 Å². The van der Waals surface area contributed by atoms with E-state index in [0.29, 0.717) is 37.0 Å². The number of nitrogens with zero attached hydrogens (tertiary/aromatic N) is 1. The number of hydrogen-bond donors (Lipinski definition) is 0. The molecule has 0 fully saturated rings. The number of aryl methyl sites for hydroxylation is 1. The van der Waals surface area contributed by atoms with Gasteiger partial charge in [0.2, 0.25) is 11.7 Å². The molecule has 1 aromatic heterocycles. The number of carbonyl (C=O) groups excluding carboxylic acids is 1. The summed E-state index contributed by atoms with van der Waals surface area (Å²) >= 11 is 1.67. The van der Waals surface area contributed by atoms with Gasteiger partial charge in [-0.15, -0.1) is 11.3 Å². The molecule has 0 saturated carbocycles. The second kappa shape index (κ2) is 7.61. The molecule has 1 aliphatic heterocycles. The standard InChI is InChI=1S/C19H21NO4S/c1-13-6-9-25-17(13)12-20(2)18(21)5-4-14-10-15(22-3)19-16(11-14)23-7-8-24-19/h4-6,9-11H,7-8,12H2,1-3H3/b5-4+. The Morgan fingerprint density at radius 2 is 2.16 bits per heavy atom. The predicted octanol–water partition coefficient (Wildman–Crippen LogP) is 3.51. The van der Waals surface area contributed by atoms with E-state index in [1.165, 1.54) is 10.4 Å². The molecule has 2 heterocycles. The van der Waals surface area contributed by atoms with Gasteiger partial charge in [-0.3, -0.25) is 4.79 Å². The molecule has 1 aliphatic rings. The van der Waals surface area contributed by atoms with Crippen LogP contribution >= 0.6 is 11.3 Å². The molecule has 132 valence electrons. The Balaban J connectivity index is 1.72. The molecule has 0 atom stereocenters. The Bertz CT molecular complexity index is 779. The number of benzene rings is 1. The molecule has 3 rings (SSSR count). The molecule has 0 N–H and O–H groups in total. The number of likely N-dealkylation sites (N-methyl/N-ethyl adjacent to an activating group) is 1. The van der Waals surface area contributed by atoms with Crippen molar-refractivity contribution in [2.75, 3.05) is 27.4 Å². The Morgan fingerprint density at radius 3 is 2.88 bits per heavy atom. The summed E-state index contributed by atoms with van der Waals surface area (Å²) in [6.07, 6.45) is 3.33. The van der Waals surface area contributed by atoms with Gasteiger partial charge in [-0.2, -0.15) is 0 Å². The molecule has 0 saturated heterocycles. The van der Waals surface area contributed by atoms with Crippen LogP contribution in [0.1, 0.15) is 16.0 Å². The fourth-order valence-electron chi connectivity index (χ4n) is 2.54. The van der Waals surface area contributed by atoms with Gasteiger partial charge < -0.3 is 19.1 Å². The zero-order chi connectivity index (χ0) is 17.8. The van der Waals surface area contributed by atoms with Crippen LogP contribution in [0, 0.1) is 6.92 Å². The van der Waals surface area contributed by atoms with E-state index in [1.54, 1.807) is 42.5 Å². The molecule has 5 nitrogen and oxygen atoms in total. The van der Waals surface area contributed by atoms with Gasteiger partial charge >= 0.3 is 0 Å². The molecule has 6 heteroatoms. The van der Waals surface area contributed by atoms with Crippen LogP contribution in [0.3, 0.4) is 0 Å². The average molecular weight is 359 g/mol. The second-order valence-corrected chi connectivity index (χ2v) is 6.80. The molecule has 1 aromatic carbocycles. The van der Waals surface area contributed by atoms with Crippen molar-refractivity contribution in [3.05, 3.63) is 45.7 Å². The maximum atomic E-state index is 12.4. The van der Waals surface area contributed by atoms with Gasteiger partial charge in [-0.05, 0) is 47.7 Å². The number of rotatable bonds is 5. The van der Waals surface area contributed by atoms with E-state index in [0.717, 1.165) is 5.56 Å². The van der Waals surface area contributed by atoms with Crippen LogP contribution in [0.25, 0.3) is 6.08 Å². The third kappa shape index (κ3) is 3.96. The highest BCUT2D eigenvalue weighted by molar-refractivity contribution is 7.10. The van der Waals surface area contributed by atoms with Crippen molar-refractivity contribution in [2.45, 2.75) is 13.5 Å². The highest BCUT2D eigenvalue weighted by Gasteiger charge is 2.18. The lowest BCUT2D eigenvalue weighted by Crippen LogP contribution is -2.23. The molecule has 0 bridgehead atoms. The van der Waals surface area contributed by atoms with Crippen LogP contribution in [0.2, 0.25) is 0 Å². The molecule has 0 unspecified atom stereocenters. The number of amides is 1. The van der Waals surface area contributed by atoms with Crippen LogP contribution in [0.15, 0.2) is 29.7 Å². The number of hydrogen-bond acceptors (Lipinski definition) is 5. The third-order valence-electron chi connectivity index (χ3n) is 3.99. The summed E-state index contributed by atoms with van der Waals surface area (Å²) in [6.45, 7) is 3.67. The van der Waals surface area contributed by atoms with Crippen molar-refractivity contribution < 1.29 is 19.0 Å². The van der Waals surface area contributed by atoms with E-state index in [2.05, 4.69) is 13.0 Å². The number of carbonyl (C=O) groups is 1. The zero-order valence-electron chi connectivity index (χ0n) is 14.6. The lowest BCUT2D eigenvalue weighted by molar-refractivity contribution is -0.125. The maximum Gasteiger partial charge on any atom is 0.246 e. The molecule has 2 aromatic rings. The summed E-state index contributed by atoms with van der Waals surface area (Å²) in [6, 6.07) is 5.75. The van der Waals surface area contributed by atoms with Crippen molar-refractivity contribution in [2.24, 2.45) is 0 Å². The normalized spacial score (nSPS) is 13.1. The van der Waals surface area contributed by atoms with Crippen LogP contribution in [-0.2, 0) is 11.3 Å². The van der Waals surface area contributed by atoms with Crippen molar-refractivity contribution in [3.8, 4) is 17.2 Å². The molecule has 0 aliphatic carbocycles. The highest BCUT2D eigenvalue weighted by Crippen LogP contribution is 2.40. The van der Waals surface area contributed by atoms with Crippen molar-refractivity contribution in [1.29, 1.82) is 0 Å². The number of ether oxygens (including phenoxy) is 3. The van der Waals surface area contributed by atoms with Crippen molar-refractivity contribution in [3.63, 3.8) is 0 Å². The first-order valence-electron chi connectivity index (χ1n) is 8.02. The molecule has 25 heavy (non-hydrogen) atoms. The predicted molar refractivity (Wildman–Crippen MR) is 98.5 cm³/mol. The maximum absolute atomic E-state index is 12.4. The van der Waals surface area contributed by atoms with Crippen LogP contribution in [0.4, 0.5) is 0 Å². The topological polar surface area (TPSA) is 48.0 Å². The lowest BCUT2D eigenvalue weighted by Gasteiger charge is -2.21. The second-order valence-electron chi connectivity index (χ2n) is 5.80. The minimum absolute atomic E-state index is 0.0540. The first-order valence-corrected chi connectivity index (χ1v) is 8.90. The molecule has 0 radical (unpaired) electrons. The minimum Gasteiger partial charge on any atom is -0.493 e. The van der Waals surface area contributed by atoms with Crippen LogP contribution in [-0.4, -0.2) is 38.2 Å². The first kappa shape index (κ1) is 17.4. The Hall–Kier alpha value is -2.47. The summed E-state index contributed by atoms with van der Waals surface area (Å²) < 4.78 is 16.6. The van der Waals surface area contributed by atoms with E-state index in [4.69, 9.17) is 14.2 Å². The van der Waals surface area contributed by atoms with E-state index < -0.39 is 0 Å².